The highest BCUT2D eigenvalue weighted by molar-refractivity contribution is 9.10. The molecular weight excluding hydrogens is 317 g/mol. The minimum Gasteiger partial charge on any atom is -0.258 e. The van der Waals surface area contributed by atoms with Crippen molar-refractivity contribution < 1.29 is 26.9 Å². The number of hydrogen-bond acceptors (Lipinski definition) is 2. The van der Waals surface area contributed by atoms with E-state index in [0.29, 0.717) is 6.07 Å². The van der Waals surface area contributed by atoms with Crippen molar-refractivity contribution in [3.05, 3.63) is 37.8 Å². The molecule has 0 radical (unpaired) electrons. The second-order valence-corrected chi connectivity index (χ2v) is 3.80. The number of hydrogen-bond donors (Lipinski definition) is 0. The van der Waals surface area contributed by atoms with Crippen LogP contribution in [0.25, 0.3) is 0 Å². The average molecular weight is 320 g/mol. The Hall–Kier alpha value is -1.25. The molecule has 1 rings (SSSR count). The fraction of sp³-hybridized carbons (Fsp3) is 0.250. The van der Waals surface area contributed by atoms with Gasteiger partial charge in [0.25, 0.3) is 12.1 Å². The quantitative estimate of drug-likeness (QED) is 0.463. The summed E-state index contributed by atoms with van der Waals surface area (Å²) in [7, 11) is 0. The molecule has 0 aliphatic rings. The van der Waals surface area contributed by atoms with Gasteiger partial charge in [0.05, 0.1) is 4.92 Å². The van der Waals surface area contributed by atoms with E-state index in [1.807, 2.05) is 0 Å². The topological polar surface area (TPSA) is 43.1 Å². The van der Waals surface area contributed by atoms with Crippen LogP contribution in [0.15, 0.2) is 16.6 Å². The molecule has 94 valence electrons. The number of benzene rings is 1. The van der Waals surface area contributed by atoms with Gasteiger partial charge in [-0.25, -0.2) is 8.78 Å². The van der Waals surface area contributed by atoms with Crippen LogP contribution in [0.5, 0.6) is 0 Å². The molecule has 9 heteroatoms. The zero-order valence-corrected chi connectivity index (χ0v) is 9.35. The van der Waals surface area contributed by atoms with Gasteiger partial charge in [-0.1, -0.05) is 15.9 Å². The van der Waals surface area contributed by atoms with Gasteiger partial charge < -0.3 is 0 Å². The van der Waals surface area contributed by atoms with Crippen molar-refractivity contribution in [3.8, 4) is 0 Å². The molecule has 1 aromatic rings. The molecule has 0 fully saturated rings. The van der Waals surface area contributed by atoms with Gasteiger partial charge in [-0.15, -0.1) is 0 Å². The van der Waals surface area contributed by atoms with Crippen molar-refractivity contribution in [2.45, 2.75) is 12.6 Å². The molecule has 0 unspecified atom stereocenters. The Morgan fingerprint density at radius 3 is 2.18 bits per heavy atom. The van der Waals surface area contributed by atoms with E-state index in [1.54, 1.807) is 0 Å². The normalized spacial score (nSPS) is 11.9. The van der Waals surface area contributed by atoms with Crippen LogP contribution in [0, 0.1) is 10.1 Å². The fourth-order valence-corrected chi connectivity index (χ4v) is 1.63. The summed E-state index contributed by atoms with van der Waals surface area (Å²) in [5.41, 5.74) is -3.90. The lowest BCUT2D eigenvalue weighted by Gasteiger charge is -2.10. The van der Waals surface area contributed by atoms with Gasteiger partial charge in [0.1, 0.15) is 5.56 Å². The predicted octanol–water partition coefficient (Wildman–Crippen LogP) is 4.31. The summed E-state index contributed by atoms with van der Waals surface area (Å²) in [4.78, 5) is 9.12. The maximum Gasteiger partial charge on any atom is 0.423 e. The third-order valence-corrected chi connectivity index (χ3v) is 2.54. The third kappa shape index (κ3) is 2.90. The van der Waals surface area contributed by atoms with Gasteiger partial charge in [0, 0.05) is 16.1 Å². The third-order valence-electron chi connectivity index (χ3n) is 1.85. The Kier molecular flexibility index (Phi) is 3.70. The van der Waals surface area contributed by atoms with Crippen LogP contribution < -0.4 is 0 Å². The molecule has 1 aromatic carbocycles. The Labute approximate surface area is 99.5 Å². The summed E-state index contributed by atoms with van der Waals surface area (Å²) in [5.74, 6) is 0. The summed E-state index contributed by atoms with van der Waals surface area (Å²) < 4.78 is 61.5. The molecule has 0 heterocycles. The largest absolute Gasteiger partial charge is 0.423 e. The molecule has 0 saturated carbocycles. The average Bonchev–Trinajstić information content (AvgIpc) is 2.14. The Morgan fingerprint density at radius 1 is 1.29 bits per heavy atom. The maximum absolute atomic E-state index is 12.4. The number of nitro benzene ring substituents is 1. The molecule has 17 heavy (non-hydrogen) atoms. The van der Waals surface area contributed by atoms with Crippen molar-refractivity contribution in [2.75, 3.05) is 0 Å². The van der Waals surface area contributed by atoms with E-state index in [1.165, 1.54) is 0 Å². The first kappa shape index (κ1) is 13.8. The van der Waals surface area contributed by atoms with E-state index in [0.717, 1.165) is 0 Å². The van der Waals surface area contributed by atoms with Crippen LogP contribution in [0.1, 0.15) is 17.6 Å². The van der Waals surface area contributed by atoms with Crippen molar-refractivity contribution in [1.82, 2.24) is 0 Å². The number of rotatable bonds is 2. The standard InChI is InChI=1S/C8H3BrF5NO2/c9-5-2-6(15(16)17)4(8(12,13)14)1-3(5)7(10)11/h1-2,7H. The molecule has 0 atom stereocenters. The van der Waals surface area contributed by atoms with Crippen molar-refractivity contribution >= 4 is 21.6 Å². The first-order chi connectivity index (χ1) is 7.64. The van der Waals surface area contributed by atoms with Gasteiger partial charge in [-0.2, -0.15) is 13.2 Å². The van der Waals surface area contributed by atoms with E-state index in [4.69, 9.17) is 0 Å². The van der Waals surface area contributed by atoms with E-state index >= 15 is 0 Å². The van der Waals surface area contributed by atoms with Gasteiger partial charge in [0.2, 0.25) is 0 Å². The van der Waals surface area contributed by atoms with Crippen LogP contribution in [0.4, 0.5) is 27.6 Å². The van der Waals surface area contributed by atoms with Gasteiger partial charge in [-0.3, -0.25) is 10.1 Å². The molecule has 0 spiro atoms. The number of alkyl halides is 5. The zero-order valence-electron chi connectivity index (χ0n) is 7.76. The molecule has 3 nitrogen and oxygen atoms in total. The zero-order chi connectivity index (χ0) is 13.4. The lowest BCUT2D eigenvalue weighted by atomic mass is 10.1. The van der Waals surface area contributed by atoms with Crippen LogP contribution in [-0.4, -0.2) is 4.92 Å². The van der Waals surface area contributed by atoms with Crippen LogP contribution in [-0.2, 0) is 6.18 Å². The monoisotopic (exact) mass is 319 g/mol. The molecule has 0 aromatic heterocycles. The van der Waals surface area contributed by atoms with E-state index < -0.39 is 38.8 Å². The summed E-state index contributed by atoms with van der Waals surface area (Å²) in [6.07, 6.45) is -8.22. The first-order valence-corrected chi connectivity index (χ1v) is 4.77. The van der Waals surface area contributed by atoms with Gasteiger partial charge in [-0.05, 0) is 6.07 Å². The molecular formula is C8H3BrF5NO2. The number of nitrogens with zero attached hydrogens (tertiary/aromatic N) is 1. The summed E-state index contributed by atoms with van der Waals surface area (Å²) >= 11 is 2.57. The van der Waals surface area contributed by atoms with Crippen LogP contribution in [0.2, 0.25) is 0 Å². The van der Waals surface area contributed by atoms with E-state index in [9.17, 15) is 32.1 Å². The summed E-state index contributed by atoms with van der Waals surface area (Å²) in [5, 5.41) is 10.4. The highest BCUT2D eigenvalue weighted by Crippen LogP contribution is 2.41. The molecule has 0 amide bonds. The summed E-state index contributed by atoms with van der Waals surface area (Å²) in [6, 6.07) is 0.497. The highest BCUT2D eigenvalue weighted by Gasteiger charge is 2.39. The van der Waals surface area contributed by atoms with E-state index in [-0.39, 0.29) is 6.07 Å². The minimum atomic E-state index is -5.06. The number of nitro groups is 1. The number of halogens is 6. The smallest absolute Gasteiger partial charge is 0.258 e. The Balaban J connectivity index is 3.54. The lowest BCUT2D eigenvalue weighted by molar-refractivity contribution is -0.388. The second-order valence-electron chi connectivity index (χ2n) is 2.95. The predicted molar refractivity (Wildman–Crippen MR) is 50.8 cm³/mol. The van der Waals surface area contributed by atoms with Gasteiger partial charge in [0.15, 0.2) is 0 Å². The minimum absolute atomic E-state index is 0.0763. The van der Waals surface area contributed by atoms with Crippen molar-refractivity contribution in [2.24, 2.45) is 0 Å². The lowest BCUT2D eigenvalue weighted by Crippen LogP contribution is -2.10. The van der Waals surface area contributed by atoms with Gasteiger partial charge >= 0.3 is 6.18 Å². The first-order valence-electron chi connectivity index (χ1n) is 3.97. The van der Waals surface area contributed by atoms with Crippen molar-refractivity contribution in [1.29, 1.82) is 0 Å². The van der Waals surface area contributed by atoms with Crippen LogP contribution in [0.3, 0.4) is 0 Å². The Bertz CT molecular complexity index is 460. The molecule has 0 saturated heterocycles. The maximum atomic E-state index is 12.4. The molecule has 0 aliphatic carbocycles. The van der Waals surface area contributed by atoms with Crippen LogP contribution >= 0.6 is 15.9 Å². The van der Waals surface area contributed by atoms with E-state index in [2.05, 4.69) is 15.9 Å². The molecule has 0 N–H and O–H groups in total. The van der Waals surface area contributed by atoms with Crippen molar-refractivity contribution in [3.63, 3.8) is 0 Å². The Morgan fingerprint density at radius 2 is 1.82 bits per heavy atom. The highest BCUT2D eigenvalue weighted by atomic mass is 79.9. The molecule has 0 bridgehead atoms. The molecule has 0 aliphatic heterocycles. The SMILES string of the molecule is O=[N+]([O-])c1cc(Br)c(C(F)F)cc1C(F)(F)F. The summed E-state index contributed by atoms with van der Waals surface area (Å²) in [6.45, 7) is 0. The fourth-order valence-electron chi connectivity index (χ4n) is 1.12. The second kappa shape index (κ2) is 4.55.